The topological polar surface area (TPSA) is 98.1 Å². The summed E-state index contributed by atoms with van der Waals surface area (Å²) in [6, 6.07) is 3.97. The summed E-state index contributed by atoms with van der Waals surface area (Å²) < 4.78 is 72.0. The van der Waals surface area contributed by atoms with E-state index < -0.39 is 41.3 Å². The Bertz CT molecular complexity index is 1170. The Hall–Kier alpha value is -3.71. The number of amides is 2. The number of alkyl halides is 3. The van der Waals surface area contributed by atoms with Gasteiger partial charge in [-0.2, -0.15) is 18.3 Å². The molecule has 1 aromatic carbocycles. The quantitative estimate of drug-likeness (QED) is 0.557. The number of aromatic nitrogens is 2. The minimum atomic E-state index is -4.59. The van der Waals surface area contributed by atoms with E-state index in [4.69, 9.17) is 9.57 Å². The third-order valence-corrected chi connectivity index (χ3v) is 6.07. The Balaban J connectivity index is 1.20. The number of rotatable bonds is 7. The third-order valence-electron chi connectivity index (χ3n) is 6.07. The number of hydrogen-bond acceptors (Lipinski definition) is 6. The minimum Gasteiger partial charge on any atom is -0.484 e. The van der Waals surface area contributed by atoms with Crippen molar-refractivity contribution in [3.05, 3.63) is 47.3 Å². The smallest absolute Gasteiger partial charge is 0.435 e. The molecule has 200 valence electrons. The van der Waals surface area contributed by atoms with E-state index in [-0.39, 0.29) is 42.9 Å². The van der Waals surface area contributed by atoms with Crippen LogP contribution in [0, 0.1) is 18.6 Å². The van der Waals surface area contributed by atoms with Gasteiger partial charge in [-0.1, -0.05) is 11.2 Å². The maximum Gasteiger partial charge on any atom is 0.435 e. The van der Waals surface area contributed by atoms with Gasteiger partial charge in [0.2, 0.25) is 5.91 Å². The van der Waals surface area contributed by atoms with Crippen molar-refractivity contribution < 1.29 is 41.1 Å². The maximum atomic E-state index is 13.7. The maximum absolute atomic E-state index is 13.7. The number of ether oxygens (including phenoxy) is 1. The van der Waals surface area contributed by atoms with Gasteiger partial charge in [0.05, 0.1) is 0 Å². The van der Waals surface area contributed by atoms with Gasteiger partial charge >= 0.3 is 6.18 Å². The number of nitrogens with one attached hydrogen (secondary N) is 1. The molecule has 1 unspecified atom stereocenters. The van der Waals surface area contributed by atoms with Crippen molar-refractivity contribution in [2.24, 2.45) is 5.16 Å². The van der Waals surface area contributed by atoms with Crippen molar-refractivity contribution >= 4 is 17.5 Å². The number of carbonyl (C=O) groups excluding carboxylic acids is 2. The molecule has 37 heavy (non-hydrogen) atoms. The highest BCUT2D eigenvalue weighted by Crippen LogP contribution is 2.28. The predicted molar refractivity (Wildman–Crippen MR) is 118 cm³/mol. The van der Waals surface area contributed by atoms with E-state index in [2.05, 4.69) is 15.6 Å². The van der Waals surface area contributed by atoms with Crippen molar-refractivity contribution in [2.45, 2.75) is 51.1 Å². The summed E-state index contributed by atoms with van der Waals surface area (Å²) in [5, 5.41) is 10.0. The number of hydrogen-bond donors (Lipinski definition) is 1. The number of carbonyl (C=O) groups is 2. The van der Waals surface area contributed by atoms with Gasteiger partial charge in [0.15, 0.2) is 29.2 Å². The van der Waals surface area contributed by atoms with E-state index >= 15 is 0 Å². The first-order chi connectivity index (χ1) is 17.5. The first-order valence-electron chi connectivity index (χ1n) is 11.5. The van der Waals surface area contributed by atoms with Crippen LogP contribution in [0.15, 0.2) is 29.4 Å². The summed E-state index contributed by atoms with van der Waals surface area (Å²) >= 11 is 0. The summed E-state index contributed by atoms with van der Waals surface area (Å²) in [6.07, 6.45) is -4.31. The van der Waals surface area contributed by atoms with Gasteiger partial charge in [-0.05, 0) is 38.0 Å². The summed E-state index contributed by atoms with van der Waals surface area (Å²) in [4.78, 5) is 31.8. The van der Waals surface area contributed by atoms with Crippen LogP contribution in [0.25, 0.3) is 0 Å². The van der Waals surface area contributed by atoms with Crippen LogP contribution < -0.4 is 10.1 Å². The summed E-state index contributed by atoms with van der Waals surface area (Å²) in [5.74, 6) is -3.07. The zero-order chi connectivity index (χ0) is 26.7. The molecule has 2 aromatic rings. The third kappa shape index (κ3) is 6.35. The van der Waals surface area contributed by atoms with Crippen molar-refractivity contribution in [1.29, 1.82) is 0 Å². The number of halogens is 5. The first kappa shape index (κ1) is 26.4. The van der Waals surface area contributed by atoms with E-state index in [1.165, 1.54) is 17.9 Å². The largest absolute Gasteiger partial charge is 0.484 e. The normalized spacial score (nSPS) is 18.4. The molecule has 2 aliphatic heterocycles. The minimum absolute atomic E-state index is 0.0857. The second-order valence-electron chi connectivity index (χ2n) is 8.79. The monoisotopic (exact) mass is 529 g/mol. The van der Waals surface area contributed by atoms with Crippen LogP contribution in [-0.2, 0) is 27.1 Å². The molecule has 9 nitrogen and oxygen atoms in total. The Kier molecular flexibility index (Phi) is 7.64. The zero-order valence-electron chi connectivity index (χ0n) is 19.7. The molecule has 1 N–H and O–H groups in total. The Morgan fingerprint density at radius 1 is 1.19 bits per heavy atom. The van der Waals surface area contributed by atoms with Gasteiger partial charge in [0.1, 0.15) is 18.9 Å². The molecule has 0 saturated carbocycles. The molecule has 1 saturated heterocycles. The lowest BCUT2D eigenvalue weighted by Crippen LogP contribution is -2.48. The van der Waals surface area contributed by atoms with Crippen LogP contribution in [0.3, 0.4) is 0 Å². The molecular weight excluding hydrogens is 505 g/mol. The second-order valence-corrected chi connectivity index (χ2v) is 8.79. The fraction of sp³-hybridized carbons (Fsp3) is 0.478. The average Bonchev–Trinajstić information content (AvgIpc) is 3.46. The van der Waals surface area contributed by atoms with Crippen LogP contribution in [0.1, 0.15) is 30.7 Å². The number of piperidine rings is 1. The van der Waals surface area contributed by atoms with E-state index in [0.717, 1.165) is 22.9 Å². The van der Waals surface area contributed by atoms with Crippen molar-refractivity contribution in [1.82, 2.24) is 20.0 Å². The van der Waals surface area contributed by atoms with Crippen LogP contribution in [0.5, 0.6) is 5.75 Å². The highest BCUT2D eigenvalue weighted by molar-refractivity contribution is 6.39. The van der Waals surface area contributed by atoms with Gasteiger partial charge in [-0.15, -0.1) is 0 Å². The molecular formula is C23H24F5N5O4. The zero-order valence-corrected chi connectivity index (χ0v) is 19.7. The fourth-order valence-electron chi connectivity index (χ4n) is 4.03. The lowest BCUT2D eigenvalue weighted by atomic mass is 10.0. The van der Waals surface area contributed by atoms with Crippen LogP contribution in [0.2, 0.25) is 0 Å². The van der Waals surface area contributed by atoms with Crippen LogP contribution >= 0.6 is 0 Å². The molecule has 1 atom stereocenters. The molecule has 0 spiro atoms. The molecule has 0 bridgehead atoms. The summed E-state index contributed by atoms with van der Waals surface area (Å²) in [7, 11) is 0. The highest BCUT2D eigenvalue weighted by Gasteiger charge is 2.35. The van der Waals surface area contributed by atoms with Crippen molar-refractivity contribution in [3.8, 4) is 5.75 Å². The van der Waals surface area contributed by atoms with E-state index in [0.29, 0.717) is 25.9 Å². The van der Waals surface area contributed by atoms with Gasteiger partial charge in [-0.3, -0.25) is 14.3 Å². The standard InChI is InChI=1S/C23H24F5N5O4/c1-13-9-19(23(26,27)28)30-33(13)11-20(34)32-7-5-14(6-8-32)29-22(35)18-10-15(37-31-18)12-36-21-16(24)3-2-4-17(21)25/h2-4,9,14-15H,5-8,10-12H2,1H3,(H,29,35). The van der Waals surface area contributed by atoms with Crippen molar-refractivity contribution in [3.63, 3.8) is 0 Å². The fourth-order valence-corrected chi connectivity index (χ4v) is 4.03. The molecule has 14 heteroatoms. The lowest BCUT2D eigenvalue weighted by molar-refractivity contribution is -0.142. The number of likely N-dealkylation sites (tertiary alicyclic amines) is 1. The Morgan fingerprint density at radius 2 is 1.86 bits per heavy atom. The van der Waals surface area contributed by atoms with Gasteiger partial charge in [0.25, 0.3) is 5.91 Å². The average molecular weight is 529 g/mol. The molecule has 0 radical (unpaired) electrons. The van der Waals surface area contributed by atoms with E-state index in [1.54, 1.807) is 0 Å². The lowest BCUT2D eigenvalue weighted by Gasteiger charge is -2.32. The summed E-state index contributed by atoms with van der Waals surface area (Å²) in [6.45, 7) is 1.54. The summed E-state index contributed by atoms with van der Waals surface area (Å²) in [5.41, 5.74) is -0.716. The van der Waals surface area contributed by atoms with Gasteiger partial charge in [0, 0.05) is 31.2 Å². The van der Waals surface area contributed by atoms with Gasteiger partial charge in [-0.25, -0.2) is 8.78 Å². The number of oxime groups is 1. The highest BCUT2D eigenvalue weighted by atomic mass is 19.4. The van der Waals surface area contributed by atoms with Crippen LogP contribution in [0.4, 0.5) is 22.0 Å². The molecule has 1 fully saturated rings. The molecule has 0 aliphatic carbocycles. The van der Waals surface area contributed by atoms with Crippen molar-refractivity contribution in [2.75, 3.05) is 19.7 Å². The predicted octanol–water partition coefficient (Wildman–Crippen LogP) is 2.82. The SMILES string of the molecule is Cc1cc(C(F)(F)F)nn1CC(=O)N1CCC(NC(=O)C2=NOC(COc3c(F)cccc3F)C2)CC1. The first-order valence-corrected chi connectivity index (χ1v) is 11.5. The molecule has 4 rings (SSSR count). The number of aryl methyl sites for hydroxylation is 1. The molecule has 2 amide bonds. The molecule has 1 aromatic heterocycles. The van der Waals surface area contributed by atoms with Gasteiger partial charge < -0.3 is 19.8 Å². The Morgan fingerprint density at radius 3 is 2.49 bits per heavy atom. The molecule has 3 heterocycles. The second kappa shape index (κ2) is 10.7. The number of para-hydroxylation sites is 1. The van der Waals surface area contributed by atoms with E-state index in [1.807, 2.05) is 0 Å². The number of nitrogens with zero attached hydrogens (tertiary/aromatic N) is 4. The molecule has 2 aliphatic rings. The Labute approximate surface area is 208 Å². The number of benzene rings is 1. The van der Waals surface area contributed by atoms with E-state index in [9.17, 15) is 31.5 Å². The van der Waals surface area contributed by atoms with Crippen LogP contribution in [-0.4, -0.2) is 64.0 Å².